The second kappa shape index (κ2) is 9.69. The molecule has 3 aromatic rings. The van der Waals surface area contributed by atoms with Crippen molar-refractivity contribution in [1.82, 2.24) is 25.4 Å². The average molecular weight is 461 g/mol. The van der Waals surface area contributed by atoms with Gasteiger partial charge in [-0.1, -0.05) is 30.9 Å². The molecule has 0 fully saturated rings. The standard InChI is InChI=1S/C25H28N6OS/c1-6-27-13-7-8-18-9-11-19(12-10-18)23-22-15(2)16(3)33-25(22)31-17(4)29-30-24(31)20(28-23)14-21(32)26-5/h9-12,20,27H,6,13-14H2,1-5H3,(H,26,32)/t20-/m0/s1. The van der Waals surface area contributed by atoms with E-state index >= 15 is 0 Å². The average Bonchev–Trinajstić information content (AvgIpc) is 3.29. The first-order valence-corrected chi connectivity index (χ1v) is 11.9. The minimum absolute atomic E-state index is 0.0835. The lowest BCUT2D eigenvalue weighted by molar-refractivity contribution is -0.121. The van der Waals surface area contributed by atoms with Crippen molar-refractivity contribution in [1.29, 1.82) is 0 Å². The topological polar surface area (TPSA) is 84.2 Å². The quantitative estimate of drug-likeness (QED) is 0.452. The van der Waals surface area contributed by atoms with Gasteiger partial charge in [0, 0.05) is 28.6 Å². The molecule has 0 radical (unpaired) electrons. The summed E-state index contributed by atoms with van der Waals surface area (Å²) in [5, 5.41) is 15.7. The number of amides is 1. The maximum absolute atomic E-state index is 12.3. The van der Waals surface area contributed by atoms with Crippen molar-refractivity contribution in [3.63, 3.8) is 0 Å². The van der Waals surface area contributed by atoms with Crippen LogP contribution in [0.3, 0.4) is 0 Å². The number of carbonyl (C=O) groups excluding carboxylic acids is 1. The molecule has 0 saturated heterocycles. The van der Waals surface area contributed by atoms with Crippen LogP contribution in [0.5, 0.6) is 0 Å². The van der Waals surface area contributed by atoms with E-state index in [0.29, 0.717) is 12.4 Å². The fraction of sp³-hybridized carbons (Fsp3) is 0.360. The van der Waals surface area contributed by atoms with Crippen LogP contribution in [-0.2, 0) is 4.79 Å². The number of aryl methyl sites for hydroxylation is 2. The zero-order valence-corrected chi connectivity index (χ0v) is 20.4. The fourth-order valence-electron chi connectivity index (χ4n) is 3.85. The molecule has 0 bridgehead atoms. The van der Waals surface area contributed by atoms with Crippen molar-refractivity contribution < 1.29 is 4.79 Å². The van der Waals surface area contributed by atoms with Gasteiger partial charge >= 0.3 is 0 Å². The molecule has 33 heavy (non-hydrogen) atoms. The molecule has 7 nitrogen and oxygen atoms in total. The summed E-state index contributed by atoms with van der Waals surface area (Å²) in [6, 6.07) is 7.73. The van der Waals surface area contributed by atoms with E-state index in [1.165, 1.54) is 10.4 Å². The van der Waals surface area contributed by atoms with Crippen LogP contribution < -0.4 is 10.6 Å². The highest BCUT2D eigenvalue weighted by Crippen LogP contribution is 2.39. The highest BCUT2D eigenvalue weighted by Gasteiger charge is 2.32. The Morgan fingerprint density at radius 3 is 2.64 bits per heavy atom. The number of hydrogen-bond donors (Lipinski definition) is 2. The summed E-state index contributed by atoms with van der Waals surface area (Å²) < 4.78 is 2.06. The zero-order chi connectivity index (χ0) is 23.5. The van der Waals surface area contributed by atoms with E-state index in [9.17, 15) is 4.79 Å². The van der Waals surface area contributed by atoms with Gasteiger partial charge in [-0.15, -0.1) is 21.5 Å². The van der Waals surface area contributed by atoms with Gasteiger partial charge in [0.15, 0.2) is 5.82 Å². The molecular weight excluding hydrogens is 432 g/mol. The third-order valence-electron chi connectivity index (χ3n) is 5.75. The van der Waals surface area contributed by atoms with Crippen molar-refractivity contribution in [2.75, 3.05) is 20.1 Å². The predicted octanol–water partition coefficient (Wildman–Crippen LogP) is 3.24. The second-order valence-corrected chi connectivity index (χ2v) is 9.14. The molecule has 0 unspecified atom stereocenters. The van der Waals surface area contributed by atoms with Gasteiger partial charge in [-0.25, -0.2) is 0 Å². The Balaban J connectivity index is 1.84. The van der Waals surface area contributed by atoms with Crippen LogP contribution in [-0.4, -0.2) is 46.5 Å². The zero-order valence-electron chi connectivity index (χ0n) is 19.6. The van der Waals surface area contributed by atoms with Gasteiger partial charge in [0.05, 0.1) is 18.7 Å². The first kappa shape index (κ1) is 22.9. The van der Waals surface area contributed by atoms with Crippen molar-refractivity contribution in [3.05, 3.63) is 63.0 Å². The minimum Gasteiger partial charge on any atom is -0.359 e. The highest BCUT2D eigenvalue weighted by molar-refractivity contribution is 7.15. The maximum Gasteiger partial charge on any atom is 0.222 e. The molecule has 170 valence electrons. The van der Waals surface area contributed by atoms with Crippen LogP contribution in [0, 0.1) is 32.6 Å². The summed E-state index contributed by atoms with van der Waals surface area (Å²) in [4.78, 5) is 18.7. The lowest BCUT2D eigenvalue weighted by Gasteiger charge is -2.12. The van der Waals surface area contributed by atoms with E-state index in [0.717, 1.165) is 39.8 Å². The van der Waals surface area contributed by atoms with E-state index in [2.05, 4.69) is 70.1 Å². The first-order chi connectivity index (χ1) is 15.9. The van der Waals surface area contributed by atoms with Crippen LogP contribution in [0.15, 0.2) is 29.3 Å². The molecule has 2 N–H and O–H groups in total. The number of carbonyl (C=O) groups is 1. The Kier molecular flexibility index (Phi) is 6.72. The monoisotopic (exact) mass is 460 g/mol. The Labute approximate surface area is 198 Å². The molecule has 0 aliphatic carbocycles. The van der Waals surface area contributed by atoms with Crippen molar-refractivity contribution in [3.8, 4) is 16.8 Å². The number of thiophene rings is 1. The largest absolute Gasteiger partial charge is 0.359 e. The molecule has 1 aliphatic rings. The third-order valence-corrected chi connectivity index (χ3v) is 6.94. The summed E-state index contributed by atoms with van der Waals surface area (Å²) in [5.41, 5.74) is 5.08. The van der Waals surface area contributed by atoms with Gasteiger partial charge in [0.2, 0.25) is 5.91 Å². The fourth-order valence-corrected chi connectivity index (χ4v) is 5.06. The molecule has 4 rings (SSSR count). The van der Waals surface area contributed by atoms with Gasteiger partial charge in [-0.2, -0.15) is 0 Å². The van der Waals surface area contributed by atoms with Gasteiger partial charge in [-0.05, 0) is 45.0 Å². The SMILES string of the molecule is CCNCC#Cc1ccc(C2=N[C@@H](CC(=O)NC)c3nnc(C)n3-c3sc(C)c(C)c32)cc1. The Hall–Kier alpha value is -3.28. The summed E-state index contributed by atoms with van der Waals surface area (Å²) in [7, 11) is 1.64. The Morgan fingerprint density at radius 1 is 1.18 bits per heavy atom. The third kappa shape index (κ3) is 4.47. The molecule has 1 aliphatic heterocycles. The van der Waals surface area contributed by atoms with E-state index in [-0.39, 0.29) is 12.3 Å². The van der Waals surface area contributed by atoms with Gasteiger partial charge in [-0.3, -0.25) is 14.4 Å². The van der Waals surface area contributed by atoms with Crippen LogP contribution in [0.1, 0.15) is 58.2 Å². The van der Waals surface area contributed by atoms with Gasteiger partial charge in [0.1, 0.15) is 16.9 Å². The molecule has 1 amide bonds. The summed E-state index contributed by atoms with van der Waals surface area (Å²) >= 11 is 1.71. The molecule has 1 atom stereocenters. The van der Waals surface area contributed by atoms with E-state index in [1.54, 1.807) is 18.4 Å². The first-order valence-electron chi connectivity index (χ1n) is 11.1. The van der Waals surface area contributed by atoms with Crippen LogP contribution in [0.2, 0.25) is 0 Å². The summed E-state index contributed by atoms with van der Waals surface area (Å²) in [6.45, 7) is 9.82. The van der Waals surface area contributed by atoms with Crippen LogP contribution in [0.25, 0.3) is 5.00 Å². The Bertz CT molecular complexity index is 1270. The number of benzene rings is 1. The number of hydrogen-bond acceptors (Lipinski definition) is 6. The van der Waals surface area contributed by atoms with E-state index in [4.69, 9.17) is 4.99 Å². The van der Waals surface area contributed by atoms with Gasteiger partial charge < -0.3 is 10.6 Å². The minimum atomic E-state index is -0.431. The molecular formula is C25H28N6OS. The van der Waals surface area contributed by atoms with Crippen LogP contribution in [0.4, 0.5) is 0 Å². The molecule has 3 heterocycles. The Morgan fingerprint density at radius 2 is 1.94 bits per heavy atom. The number of fused-ring (bicyclic) bond motifs is 3. The number of aliphatic imine (C=N–C) groups is 1. The molecule has 2 aromatic heterocycles. The maximum atomic E-state index is 12.3. The normalized spacial score (nSPS) is 14.5. The molecule has 0 spiro atoms. The smallest absolute Gasteiger partial charge is 0.222 e. The lowest BCUT2D eigenvalue weighted by atomic mass is 9.98. The van der Waals surface area contributed by atoms with E-state index < -0.39 is 6.04 Å². The van der Waals surface area contributed by atoms with Gasteiger partial charge in [0.25, 0.3) is 0 Å². The summed E-state index contributed by atoms with van der Waals surface area (Å²) in [5.74, 6) is 7.73. The molecule has 0 saturated carbocycles. The summed E-state index contributed by atoms with van der Waals surface area (Å²) in [6.07, 6.45) is 0.207. The number of nitrogens with zero attached hydrogens (tertiary/aromatic N) is 4. The molecule has 1 aromatic carbocycles. The highest BCUT2D eigenvalue weighted by atomic mass is 32.1. The number of nitrogens with one attached hydrogen (secondary N) is 2. The second-order valence-electron chi connectivity index (χ2n) is 7.93. The number of aromatic nitrogens is 3. The van der Waals surface area contributed by atoms with Crippen molar-refractivity contribution >= 4 is 23.0 Å². The molecule has 8 heteroatoms. The van der Waals surface area contributed by atoms with Crippen LogP contribution >= 0.6 is 11.3 Å². The van der Waals surface area contributed by atoms with Crippen molar-refractivity contribution in [2.24, 2.45) is 4.99 Å². The van der Waals surface area contributed by atoms with Crippen molar-refractivity contribution in [2.45, 2.75) is 40.2 Å². The predicted molar refractivity (Wildman–Crippen MR) is 132 cm³/mol. The number of rotatable bonds is 5. The van der Waals surface area contributed by atoms with E-state index in [1.807, 2.05) is 19.1 Å². The lowest BCUT2D eigenvalue weighted by Crippen LogP contribution is -2.21.